The largest absolute Gasteiger partial charge is 0.454 e. The summed E-state index contributed by atoms with van der Waals surface area (Å²) < 4.78 is 10.8. The van der Waals surface area contributed by atoms with Gasteiger partial charge in [-0.2, -0.15) is 0 Å². The minimum Gasteiger partial charge on any atom is -0.454 e. The summed E-state index contributed by atoms with van der Waals surface area (Å²) >= 11 is 0. The van der Waals surface area contributed by atoms with Crippen LogP contribution in [0.5, 0.6) is 11.5 Å². The van der Waals surface area contributed by atoms with Gasteiger partial charge < -0.3 is 19.7 Å². The Morgan fingerprint density at radius 3 is 2.61 bits per heavy atom. The Balaban J connectivity index is 1.29. The summed E-state index contributed by atoms with van der Waals surface area (Å²) in [7, 11) is 0. The van der Waals surface area contributed by atoms with Gasteiger partial charge in [0.2, 0.25) is 12.7 Å². The lowest BCUT2D eigenvalue weighted by Crippen LogP contribution is -2.46. The van der Waals surface area contributed by atoms with Gasteiger partial charge in [-0.05, 0) is 29.8 Å². The van der Waals surface area contributed by atoms with E-state index in [2.05, 4.69) is 32.2 Å². The molecule has 7 nitrogen and oxygen atoms in total. The molecule has 1 fully saturated rings. The SMILES string of the molecule is CC(C)C(=O)Nc1ccc(N2CCN(Cc3ccc4c(c3)OCO4)CC2)cn1. The molecule has 0 radical (unpaired) electrons. The van der Waals surface area contributed by atoms with Crippen molar-refractivity contribution in [3.8, 4) is 11.5 Å². The van der Waals surface area contributed by atoms with Crippen molar-refractivity contribution in [3.63, 3.8) is 0 Å². The number of piperazine rings is 1. The number of rotatable bonds is 5. The van der Waals surface area contributed by atoms with Crippen molar-refractivity contribution < 1.29 is 14.3 Å². The number of hydrogen-bond acceptors (Lipinski definition) is 6. The molecule has 0 unspecified atom stereocenters. The van der Waals surface area contributed by atoms with E-state index in [0.717, 1.165) is 49.9 Å². The molecule has 1 aromatic heterocycles. The summed E-state index contributed by atoms with van der Waals surface area (Å²) in [5, 5.41) is 2.83. The maximum absolute atomic E-state index is 11.8. The third-order valence-electron chi connectivity index (χ3n) is 5.10. The molecule has 28 heavy (non-hydrogen) atoms. The lowest BCUT2D eigenvalue weighted by atomic mass is 10.1. The Morgan fingerprint density at radius 2 is 1.89 bits per heavy atom. The third-order valence-corrected chi connectivity index (χ3v) is 5.10. The van der Waals surface area contributed by atoms with Gasteiger partial charge >= 0.3 is 0 Å². The fourth-order valence-electron chi connectivity index (χ4n) is 3.38. The molecule has 3 heterocycles. The zero-order valence-electron chi connectivity index (χ0n) is 16.4. The van der Waals surface area contributed by atoms with Crippen LogP contribution in [-0.2, 0) is 11.3 Å². The molecule has 1 aromatic carbocycles. The highest BCUT2D eigenvalue weighted by atomic mass is 16.7. The van der Waals surface area contributed by atoms with Crippen LogP contribution in [0, 0.1) is 5.92 Å². The van der Waals surface area contributed by atoms with Gasteiger partial charge in [0.15, 0.2) is 11.5 Å². The second kappa shape index (κ2) is 8.06. The minimum absolute atomic E-state index is 0.0163. The predicted octanol–water partition coefficient (Wildman–Crippen LogP) is 2.73. The molecular weight excluding hydrogens is 356 g/mol. The van der Waals surface area contributed by atoms with Crippen LogP contribution in [0.25, 0.3) is 0 Å². The lowest BCUT2D eigenvalue weighted by Gasteiger charge is -2.36. The van der Waals surface area contributed by atoms with Crippen molar-refractivity contribution in [2.75, 3.05) is 43.2 Å². The van der Waals surface area contributed by atoms with Gasteiger partial charge in [0.25, 0.3) is 0 Å². The van der Waals surface area contributed by atoms with Crippen molar-refractivity contribution in [2.45, 2.75) is 20.4 Å². The standard InChI is InChI=1S/C21H26N4O3/c1-15(2)21(26)23-20-6-4-17(12-22-20)25-9-7-24(8-10-25)13-16-3-5-18-19(11-16)28-14-27-18/h3-6,11-12,15H,7-10,13-14H2,1-2H3,(H,22,23,26). The van der Waals surface area contributed by atoms with Crippen LogP contribution < -0.4 is 19.7 Å². The van der Waals surface area contributed by atoms with E-state index < -0.39 is 0 Å². The average molecular weight is 382 g/mol. The monoisotopic (exact) mass is 382 g/mol. The molecule has 0 spiro atoms. The second-order valence-electron chi connectivity index (χ2n) is 7.50. The summed E-state index contributed by atoms with van der Waals surface area (Å²) in [5.41, 5.74) is 2.33. The summed E-state index contributed by atoms with van der Waals surface area (Å²) in [6.45, 7) is 8.82. The van der Waals surface area contributed by atoms with E-state index in [4.69, 9.17) is 9.47 Å². The number of fused-ring (bicyclic) bond motifs is 1. The third kappa shape index (κ3) is 4.20. The number of anilines is 2. The van der Waals surface area contributed by atoms with Crippen LogP contribution >= 0.6 is 0 Å². The molecule has 0 saturated carbocycles. The Bertz CT molecular complexity index is 830. The number of benzene rings is 1. The molecule has 2 aromatic rings. The summed E-state index contributed by atoms with van der Waals surface area (Å²) in [5.74, 6) is 2.20. The van der Waals surface area contributed by atoms with Crippen LogP contribution in [0.4, 0.5) is 11.5 Å². The molecule has 1 N–H and O–H groups in total. The normalized spacial score (nSPS) is 16.5. The zero-order valence-corrected chi connectivity index (χ0v) is 16.4. The van der Waals surface area contributed by atoms with E-state index in [1.165, 1.54) is 5.56 Å². The number of nitrogens with zero attached hydrogens (tertiary/aromatic N) is 3. The maximum Gasteiger partial charge on any atom is 0.231 e. The molecule has 2 aliphatic heterocycles. The highest BCUT2D eigenvalue weighted by Crippen LogP contribution is 2.33. The van der Waals surface area contributed by atoms with Gasteiger partial charge in [-0.1, -0.05) is 19.9 Å². The predicted molar refractivity (Wildman–Crippen MR) is 108 cm³/mol. The molecule has 0 bridgehead atoms. The fraction of sp³-hybridized carbons (Fsp3) is 0.429. The van der Waals surface area contributed by atoms with E-state index in [0.29, 0.717) is 12.6 Å². The summed E-state index contributed by atoms with van der Waals surface area (Å²) in [4.78, 5) is 20.9. The molecular formula is C21H26N4O3. The van der Waals surface area contributed by atoms with Crippen molar-refractivity contribution in [1.82, 2.24) is 9.88 Å². The first-order valence-electron chi connectivity index (χ1n) is 9.71. The summed E-state index contributed by atoms with van der Waals surface area (Å²) in [6.07, 6.45) is 1.84. The van der Waals surface area contributed by atoms with E-state index in [1.54, 1.807) is 0 Å². The topological polar surface area (TPSA) is 66.9 Å². The van der Waals surface area contributed by atoms with E-state index in [9.17, 15) is 4.79 Å². The molecule has 4 rings (SSSR count). The minimum atomic E-state index is -0.0562. The zero-order chi connectivity index (χ0) is 19.5. The van der Waals surface area contributed by atoms with Crippen LogP contribution in [0.3, 0.4) is 0 Å². The second-order valence-corrected chi connectivity index (χ2v) is 7.50. The van der Waals surface area contributed by atoms with Gasteiger partial charge in [0.1, 0.15) is 5.82 Å². The number of pyridine rings is 1. The maximum atomic E-state index is 11.8. The number of amides is 1. The van der Waals surface area contributed by atoms with E-state index in [-0.39, 0.29) is 11.8 Å². The Kier molecular flexibility index (Phi) is 5.34. The molecule has 7 heteroatoms. The van der Waals surface area contributed by atoms with E-state index in [1.807, 2.05) is 38.2 Å². The van der Waals surface area contributed by atoms with Crippen molar-refractivity contribution in [2.24, 2.45) is 5.92 Å². The van der Waals surface area contributed by atoms with Gasteiger partial charge in [0, 0.05) is 38.6 Å². The Labute approximate surface area is 165 Å². The summed E-state index contributed by atoms with van der Waals surface area (Å²) in [6, 6.07) is 10.1. The first-order valence-corrected chi connectivity index (χ1v) is 9.71. The average Bonchev–Trinajstić information content (AvgIpc) is 3.17. The van der Waals surface area contributed by atoms with Gasteiger partial charge in [-0.15, -0.1) is 0 Å². The fourth-order valence-corrected chi connectivity index (χ4v) is 3.38. The van der Waals surface area contributed by atoms with E-state index >= 15 is 0 Å². The molecule has 2 aliphatic rings. The molecule has 1 amide bonds. The lowest BCUT2D eigenvalue weighted by molar-refractivity contribution is -0.118. The first-order chi connectivity index (χ1) is 13.6. The van der Waals surface area contributed by atoms with Crippen molar-refractivity contribution in [1.29, 1.82) is 0 Å². The van der Waals surface area contributed by atoms with Gasteiger partial charge in [-0.25, -0.2) is 4.98 Å². The molecule has 148 valence electrons. The molecule has 0 aliphatic carbocycles. The Hall–Kier alpha value is -2.80. The van der Waals surface area contributed by atoms with Crippen molar-refractivity contribution >= 4 is 17.4 Å². The van der Waals surface area contributed by atoms with Crippen LogP contribution in [0.2, 0.25) is 0 Å². The van der Waals surface area contributed by atoms with Crippen LogP contribution in [0.15, 0.2) is 36.5 Å². The number of carbonyl (C=O) groups excluding carboxylic acids is 1. The van der Waals surface area contributed by atoms with Gasteiger partial charge in [0.05, 0.1) is 11.9 Å². The van der Waals surface area contributed by atoms with Crippen molar-refractivity contribution in [3.05, 3.63) is 42.1 Å². The highest BCUT2D eigenvalue weighted by Gasteiger charge is 2.19. The number of ether oxygens (including phenoxy) is 2. The smallest absolute Gasteiger partial charge is 0.231 e. The van der Waals surface area contributed by atoms with Gasteiger partial charge in [-0.3, -0.25) is 9.69 Å². The Morgan fingerprint density at radius 1 is 1.11 bits per heavy atom. The van der Waals surface area contributed by atoms with Crippen LogP contribution in [0.1, 0.15) is 19.4 Å². The quantitative estimate of drug-likeness (QED) is 0.858. The number of hydrogen-bond donors (Lipinski definition) is 1. The number of carbonyl (C=O) groups is 1. The molecule has 0 atom stereocenters. The first kappa shape index (κ1) is 18.6. The number of aromatic nitrogens is 1. The molecule has 1 saturated heterocycles. The number of nitrogens with one attached hydrogen (secondary N) is 1. The highest BCUT2D eigenvalue weighted by molar-refractivity contribution is 5.91. The van der Waals surface area contributed by atoms with Crippen LogP contribution in [-0.4, -0.2) is 48.8 Å².